The normalized spacial score (nSPS) is 15.0. The zero-order valence-electron chi connectivity index (χ0n) is 33.8. The Labute approximate surface area is 327 Å². The molecule has 264 valence electrons. The second-order valence-corrected chi connectivity index (χ2v) is 20.0. The van der Waals surface area contributed by atoms with Crippen LogP contribution in [0.3, 0.4) is 0 Å². The summed E-state index contributed by atoms with van der Waals surface area (Å²) in [7, 11) is -1.34. The van der Waals surface area contributed by atoms with Gasteiger partial charge in [0.2, 0.25) is 0 Å². The number of aryl methyl sites for hydroxylation is 1. The molecule has 0 radical (unpaired) electrons. The summed E-state index contributed by atoms with van der Waals surface area (Å²) in [4.78, 5) is 6.90. The second kappa shape index (κ2) is 15.2. The van der Waals surface area contributed by atoms with Gasteiger partial charge in [0.05, 0.1) is 8.07 Å². The molecule has 5 aromatic carbocycles. The summed E-state index contributed by atoms with van der Waals surface area (Å²) in [5.41, 5.74) is 10.9. The molecule has 0 saturated carbocycles. The largest absolute Gasteiger partial charge is 3.00 e. The molecule has 3 heterocycles. The molecule has 0 bridgehead atoms. The molecule has 6 heteroatoms. The van der Waals surface area contributed by atoms with Crippen molar-refractivity contribution in [1.29, 1.82) is 0 Å². The maximum absolute atomic E-state index is 7.35. The van der Waals surface area contributed by atoms with Gasteiger partial charge in [-0.2, -0.15) is 17.7 Å². The molecular weight excluding hydrogens is 831 g/mol. The number of nitrogens with zero attached hydrogens (tertiary/aromatic N) is 3. The first kappa shape index (κ1) is 33.4. The van der Waals surface area contributed by atoms with Crippen molar-refractivity contribution in [2.24, 2.45) is 0 Å². The van der Waals surface area contributed by atoms with Crippen LogP contribution >= 0.6 is 0 Å². The second-order valence-electron chi connectivity index (χ2n) is 14.9. The van der Waals surface area contributed by atoms with Crippen LogP contribution in [0, 0.1) is 19.0 Å². The van der Waals surface area contributed by atoms with Gasteiger partial charge >= 0.3 is 20.1 Å². The topological polar surface area (TPSA) is 43.4 Å². The third-order valence-corrected chi connectivity index (χ3v) is 11.6. The average molecular weight is 880 g/mol. The summed E-state index contributed by atoms with van der Waals surface area (Å²) >= 11 is 0. The van der Waals surface area contributed by atoms with Crippen molar-refractivity contribution in [3.63, 3.8) is 0 Å². The molecule has 4 nitrogen and oxygen atoms in total. The summed E-state index contributed by atoms with van der Waals surface area (Å²) < 4.78 is 28.1. The molecule has 8 rings (SSSR count). The Morgan fingerprint density at radius 3 is 2.17 bits per heavy atom. The van der Waals surface area contributed by atoms with E-state index in [2.05, 4.69) is 136 Å². The van der Waals surface area contributed by atoms with Crippen LogP contribution in [0.15, 0.2) is 120 Å². The summed E-state index contributed by atoms with van der Waals surface area (Å²) in [6.45, 7) is 13.8. The molecule has 0 saturated heterocycles. The molecule has 0 N–H and O–H groups in total. The molecule has 0 fully saturated rings. The van der Waals surface area contributed by atoms with Gasteiger partial charge in [-0.1, -0.05) is 126 Å². The summed E-state index contributed by atoms with van der Waals surface area (Å²) in [6, 6.07) is 43.1. The number of anilines is 2. The van der Waals surface area contributed by atoms with Gasteiger partial charge in [-0.15, -0.1) is 47.1 Å². The Hall–Kier alpha value is -4.48. The van der Waals surface area contributed by atoms with E-state index < -0.39 is 14.9 Å². The monoisotopic (exact) mass is 880 g/mol. The van der Waals surface area contributed by atoms with Crippen molar-refractivity contribution >= 4 is 52.3 Å². The fourth-order valence-corrected chi connectivity index (χ4v) is 7.79. The van der Waals surface area contributed by atoms with Crippen molar-refractivity contribution in [2.45, 2.75) is 72.2 Å². The molecule has 1 aliphatic rings. The first-order valence-corrected chi connectivity index (χ1v) is 21.2. The van der Waals surface area contributed by atoms with Crippen LogP contribution in [0.4, 0.5) is 17.1 Å². The van der Waals surface area contributed by atoms with Crippen molar-refractivity contribution in [2.75, 3.05) is 4.90 Å². The van der Waals surface area contributed by atoms with Crippen molar-refractivity contribution in [1.82, 2.24) is 4.98 Å². The number of fused-ring (bicyclic) bond motifs is 4. The predicted octanol–water partition coefficient (Wildman–Crippen LogP) is 12.9. The zero-order chi connectivity index (χ0) is 38.4. The summed E-state index contributed by atoms with van der Waals surface area (Å²) in [6.07, 6.45) is 1.74. The minimum Gasteiger partial charge on any atom is -0.661 e. The van der Waals surface area contributed by atoms with E-state index in [1.54, 1.807) is 12.1 Å². The van der Waals surface area contributed by atoms with Crippen molar-refractivity contribution in [3.05, 3.63) is 155 Å². The molecule has 0 aliphatic carbocycles. The van der Waals surface area contributed by atoms with E-state index in [0.717, 1.165) is 50.1 Å². The van der Waals surface area contributed by atoms with Gasteiger partial charge in [0.1, 0.15) is 5.58 Å². The Morgan fingerprint density at radius 2 is 1.52 bits per heavy atom. The first-order chi connectivity index (χ1) is 25.7. The van der Waals surface area contributed by atoms with Crippen molar-refractivity contribution < 1.29 is 28.6 Å². The maximum Gasteiger partial charge on any atom is 3.00 e. The quantitative estimate of drug-likeness (QED) is 0.123. The van der Waals surface area contributed by atoms with Gasteiger partial charge in [-0.25, -0.2) is 0 Å². The van der Waals surface area contributed by atoms with Crippen LogP contribution in [0.1, 0.15) is 72.1 Å². The number of hydrogen-bond donors (Lipinski definition) is 0. The van der Waals surface area contributed by atoms with Gasteiger partial charge in [-0.05, 0) is 52.1 Å². The van der Waals surface area contributed by atoms with Gasteiger partial charge in [0.15, 0.2) is 0 Å². The van der Waals surface area contributed by atoms with Gasteiger partial charge in [0.25, 0.3) is 0 Å². The molecule has 0 spiro atoms. The van der Waals surface area contributed by atoms with Crippen LogP contribution in [0.5, 0.6) is 0 Å². The number of benzene rings is 5. The Bertz CT molecular complexity index is 2330. The van der Waals surface area contributed by atoms with Crippen LogP contribution in [-0.4, -0.2) is 13.1 Å². The SMILES string of the molecule is CC(C)c1cccc(C(C)C)c1N1c2ccccc2[N-]C1c1[c-]cc2oc3ccccc3c2c1.[2H]C([2H])([2H])c1c[c-]c(-c2ccc([Si](C)(C)C)cn2)cc1.[Ir+3]. The number of aromatic nitrogens is 1. The predicted molar refractivity (Wildman–Crippen MR) is 218 cm³/mol. The van der Waals surface area contributed by atoms with E-state index in [9.17, 15) is 0 Å². The van der Waals surface area contributed by atoms with Crippen LogP contribution in [0.2, 0.25) is 19.6 Å². The third-order valence-electron chi connectivity index (χ3n) is 9.56. The number of para-hydroxylation sites is 4. The minimum absolute atomic E-state index is 0. The minimum atomic E-state index is -2.08. The molecule has 1 aliphatic heterocycles. The maximum atomic E-state index is 7.35. The number of pyridine rings is 1. The van der Waals surface area contributed by atoms with E-state index in [1.165, 1.54) is 28.1 Å². The zero-order valence-corrected chi connectivity index (χ0v) is 34.2. The Morgan fingerprint density at radius 1 is 0.788 bits per heavy atom. The van der Waals surface area contributed by atoms with Crippen LogP contribution < -0.4 is 10.1 Å². The number of hydrogen-bond acceptors (Lipinski definition) is 3. The molecule has 2 aromatic heterocycles. The Kier molecular flexibility index (Phi) is 9.78. The molecular formula is C46H46IrN3OSi. The summed E-state index contributed by atoms with van der Waals surface area (Å²) in [5.74, 6) is 0.790. The third kappa shape index (κ3) is 7.39. The fourth-order valence-electron chi connectivity index (χ4n) is 6.76. The molecule has 52 heavy (non-hydrogen) atoms. The molecule has 7 aromatic rings. The average Bonchev–Trinajstić information content (AvgIpc) is 3.72. The number of furan rings is 1. The van der Waals surface area contributed by atoms with E-state index in [4.69, 9.17) is 13.8 Å². The molecule has 1 unspecified atom stereocenters. The smallest absolute Gasteiger partial charge is 0.661 e. The summed E-state index contributed by atoms with van der Waals surface area (Å²) in [5, 5.41) is 8.76. The van der Waals surface area contributed by atoms with E-state index in [1.807, 2.05) is 30.5 Å². The van der Waals surface area contributed by atoms with E-state index in [0.29, 0.717) is 17.4 Å². The first-order valence-electron chi connectivity index (χ1n) is 19.2. The van der Waals surface area contributed by atoms with Gasteiger partial charge in [0, 0.05) is 32.7 Å². The van der Waals surface area contributed by atoms with Crippen LogP contribution in [0.25, 0.3) is 38.5 Å². The van der Waals surface area contributed by atoms with Gasteiger partial charge in [-0.3, -0.25) is 0 Å². The molecule has 1 atom stereocenters. The van der Waals surface area contributed by atoms with Crippen LogP contribution in [-0.2, 0) is 20.1 Å². The van der Waals surface area contributed by atoms with Gasteiger partial charge < -0.3 is 19.6 Å². The fraction of sp³-hybridized carbons (Fsp3) is 0.239. The van der Waals surface area contributed by atoms with Crippen molar-refractivity contribution in [3.8, 4) is 11.3 Å². The molecule has 0 amide bonds. The number of rotatable bonds is 6. The Balaban J connectivity index is 0.000000211. The van der Waals surface area contributed by atoms with E-state index in [-0.39, 0.29) is 26.3 Å². The standard InChI is InChI=1S/C31H28N2O.C15H18NSi.Ir/c1-19(2)22-11-9-12-23(20(3)4)30(22)33-27-14-7-6-13-26(27)32-31(33)21-16-17-29-25(18-21)24-10-5-8-15-28(24)34-29;1-12-5-7-13(8-6-12)15-10-9-14(11-16-15)17(2,3)4;/h5-15,17-20,31H,1-4H3;5-7,9-11H,1-4H3;/q-2;-1;+3/i;1D3;. The van der Waals surface area contributed by atoms with E-state index >= 15 is 0 Å².